The van der Waals surface area contributed by atoms with Crippen LogP contribution in [-0.4, -0.2) is 45.7 Å². The normalized spacial score (nSPS) is 10.7. The molecule has 2 N–H and O–H groups in total. The van der Waals surface area contributed by atoms with Crippen LogP contribution < -0.4 is 5.32 Å². The van der Waals surface area contributed by atoms with E-state index in [9.17, 15) is 9.59 Å². The first-order valence-electron chi connectivity index (χ1n) is 4.66. The first kappa shape index (κ1) is 17.8. The Labute approximate surface area is 133 Å². The van der Waals surface area contributed by atoms with Crippen LogP contribution in [0.1, 0.15) is 0 Å². The molecule has 5 nitrogen and oxygen atoms in total. The molecule has 0 aliphatic carbocycles. The molecule has 0 spiro atoms. The number of halogens is 4. The van der Waals surface area contributed by atoms with Crippen molar-refractivity contribution >= 4 is 75.7 Å². The maximum Gasteiger partial charge on any atom is 0.330 e. The Morgan fingerprint density at radius 2 is 1.24 bits per heavy atom. The van der Waals surface area contributed by atoms with Gasteiger partial charge < -0.3 is 14.8 Å². The van der Waals surface area contributed by atoms with Crippen LogP contribution in [0.5, 0.6) is 0 Å². The lowest BCUT2D eigenvalue weighted by Crippen LogP contribution is -2.86. The number of carbonyl (C=O) groups excluding carboxylic acids is 2. The second kappa shape index (κ2) is 10.7. The summed E-state index contributed by atoms with van der Waals surface area (Å²) in [6, 6.07) is 0. The van der Waals surface area contributed by atoms with Gasteiger partial charge in [-0.25, -0.2) is 9.59 Å². The lowest BCUT2D eigenvalue weighted by atomic mass is 10.6. The predicted molar refractivity (Wildman–Crippen MR) is 76.9 cm³/mol. The summed E-state index contributed by atoms with van der Waals surface area (Å²) in [6.45, 7) is 1.89. The average Bonchev–Trinajstić information content (AvgIpc) is 2.26. The monoisotopic (exact) mass is 502 g/mol. The number of quaternary nitrogens is 1. The topological polar surface area (TPSA) is 69.2 Å². The van der Waals surface area contributed by atoms with Crippen molar-refractivity contribution in [2.45, 2.75) is 7.47 Å². The Hall–Kier alpha value is 0.820. The van der Waals surface area contributed by atoms with Crippen molar-refractivity contribution in [3.05, 3.63) is 0 Å². The van der Waals surface area contributed by atoms with E-state index in [4.69, 9.17) is 9.47 Å². The Morgan fingerprint density at radius 3 is 1.53 bits per heavy atom. The van der Waals surface area contributed by atoms with Crippen molar-refractivity contribution in [1.29, 1.82) is 0 Å². The number of hydrogen-bond acceptors (Lipinski definition) is 4. The van der Waals surface area contributed by atoms with E-state index >= 15 is 0 Å². The first-order chi connectivity index (χ1) is 7.95. The quantitative estimate of drug-likeness (QED) is 0.302. The third-order valence-electron chi connectivity index (χ3n) is 1.49. The Balaban J connectivity index is 3.30. The van der Waals surface area contributed by atoms with Gasteiger partial charge in [-0.3, -0.25) is 0 Å². The van der Waals surface area contributed by atoms with Crippen LogP contribution in [0.15, 0.2) is 0 Å². The van der Waals surface area contributed by atoms with Crippen LogP contribution in [-0.2, 0) is 19.1 Å². The smallest absolute Gasteiger partial charge is 0.330 e. The fourth-order valence-electron chi connectivity index (χ4n) is 0.756. The van der Waals surface area contributed by atoms with E-state index in [0.717, 1.165) is 0 Å². The molecule has 0 radical (unpaired) electrons. The van der Waals surface area contributed by atoms with Crippen molar-refractivity contribution in [2.24, 2.45) is 0 Å². The third-order valence-corrected chi connectivity index (χ3v) is 2.98. The van der Waals surface area contributed by atoms with Crippen molar-refractivity contribution < 1.29 is 24.4 Å². The number of alkyl halides is 4. The number of hydrogen-bond donors (Lipinski definition) is 1. The highest BCUT2D eigenvalue weighted by Gasteiger charge is 2.12. The van der Waals surface area contributed by atoms with Crippen LogP contribution in [0.4, 0.5) is 0 Å². The van der Waals surface area contributed by atoms with Gasteiger partial charge in [-0.15, -0.1) is 0 Å². The predicted octanol–water partition coefficient (Wildman–Crippen LogP) is 0.868. The van der Waals surface area contributed by atoms with Crippen LogP contribution in [0, 0.1) is 0 Å². The summed E-state index contributed by atoms with van der Waals surface area (Å²) >= 11 is 12.1. The summed E-state index contributed by atoms with van der Waals surface area (Å²) in [4.78, 5) is 22.0. The minimum absolute atomic E-state index is 0.319. The van der Waals surface area contributed by atoms with E-state index in [2.05, 4.69) is 63.7 Å². The van der Waals surface area contributed by atoms with Gasteiger partial charge in [0, 0.05) is 0 Å². The zero-order valence-electron chi connectivity index (χ0n) is 8.71. The Kier molecular flexibility index (Phi) is 11.2. The molecule has 0 saturated heterocycles. The standard InChI is InChI=1S/C8H11Br4NO4/c9-5(10)7(14)16-3-1-13-2-4-17-8(15)6(11)12/h5-6,13H,1-4H2/p+1. The lowest BCUT2D eigenvalue weighted by molar-refractivity contribution is -0.656. The molecule has 0 heterocycles. The summed E-state index contributed by atoms with van der Waals surface area (Å²) in [5.41, 5.74) is 0. The average molecular weight is 506 g/mol. The largest absolute Gasteiger partial charge is 0.458 e. The van der Waals surface area contributed by atoms with Crippen molar-refractivity contribution in [2.75, 3.05) is 26.3 Å². The molecule has 0 amide bonds. The number of nitrogens with two attached hydrogens (primary N) is 1. The van der Waals surface area contributed by atoms with Crippen LogP contribution in [0.25, 0.3) is 0 Å². The fraction of sp³-hybridized carbons (Fsp3) is 0.750. The van der Waals surface area contributed by atoms with Gasteiger partial charge in [0.1, 0.15) is 26.3 Å². The van der Waals surface area contributed by atoms with Crippen LogP contribution in [0.3, 0.4) is 0 Å². The van der Waals surface area contributed by atoms with Gasteiger partial charge in [0.15, 0.2) is 7.47 Å². The van der Waals surface area contributed by atoms with Gasteiger partial charge in [-0.05, 0) is 0 Å². The summed E-state index contributed by atoms with van der Waals surface area (Å²) in [5.74, 6) is -0.711. The molecule has 0 saturated carbocycles. The van der Waals surface area contributed by atoms with E-state index in [-0.39, 0.29) is 11.9 Å². The van der Waals surface area contributed by atoms with Gasteiger partial charge in [-0.2, -0.15) is 0 Å². The zero-order valence-corrected chi connectivity index (χ0v) is 15.0. The second-order valence-electron chi connectivity index (χ2n) is 2.80. The molecule has 0 rings (SSSR count). The number of ether oxygens (including phenoxy) is 2. The first-order valence-corrected chi connectivity index (χ1v) is 8.32. The molecular weight excluding hydrogens is 494 g/mol. The second-order valence-corrected chi connectivity index (χ2v) is 8.92. The van der Waals surface area contributed by atoms with Gasteiger partial charge in [0.25, 0.3) is 0 Å². The SMILES string of the molecule is O=C(OCC[NH2+]CCOC(=O)C(Br)Br)C(Br)Br. The van der Waals surface area contributed by atoms with Gasteiger partial charge in [-0.1, -0.05) is 63.7 Å². The van der Waals surface area contributed by atoms with E-state index in [1.807, 2.05) is 5.32 Å². The minimum Gasteiger partial charge on any atom is -0.458 e. The number of rotatable bonds is 8. The highest BCUT2D eigenvalue weighted by molar-refractivity contribution is 9.25. The molecule has 9 heteroatoms. The molecule has 100 valence electrons. The van der Waals surface area contributed by atoms with Gasteiger partial charge >= 0.3 is 11.9 Å². The van der Waals surface area contributed by atoms with E-state index in [1.54, 1.807) is 0 Å². The van der Waals surface area contributed by atoms with Crippen molar-refractivity contribution in [3.63, 3.8) is 0 Å². The van der Waals surface area contributed by atoms with Gasteiger partial charge in [0.05, 0.1) is 0 Å². The highest BCUT2D eigenvalue weighted by Crippen LogP contribution is 2.09. The molecular formula is C8H12Br4NO4+. The van der Waals surface area contributed by atoms with E-state index < -0.39 is 7.47 Å². The Morgan fingerprint density at radius 1 is 0.882 bits per heavy atom. The maximum absolute atomic E-state index is 11.0. The van der Waals surface area contributed by atoms with E-state index in [1.165, 1.54) is 0 Å². The molecule has 0 aliphatic heterocycles. The number of esters is 2. The molecule has 0 aliphatic rings. The minimum atomic E-state index is -0.467. The van der Waals surface area contributed by atoms with E-state index in [0.29, 0.717) is 26.3 Å². The fourth-order valence-corrected chi connectivity index (χ4v) is 1.28. The molecule has 0 bridgehead atoms. The summed E-state index contributed by atoms with van der Waals surface area (Å²) < 4.78 is 8.83. The van der Waals surface area contributed by atoms with Gasteiger partial charge in [0.2, 0.25) is 0 Å². The summed E-state index contributed by atoms with van der Waals surface area (Å²) in [5, 5.41) is 1.90. The lowest BCUT2D eigenvalue weighted by Gasteiger charge is -2.06. The molecule has 0 unspecified atom stereocenters. The zero-order chi connectivity index (χ0) is 13.3. The molecule has 0 aromatic carbocycles. The molecule has 0 aromatic rings. The number of carbonyl (C=O) groups is 2. The third kappa shape index (κ3) is 10.4. The Bertz CT molecular complexity index is 226. The molecule has 0 aromatic heterocycles. The molecule has 0 atom stereocenters. The van der Waals surface area contributed by atoms with Crippen molar-refractivity contribution in [1.82, 2.24) is 0 Å². The molecule has 17 heavy (non-hydrogen) atoms. The van der Waals surface area contributed by atoms with Crippen LogP contribution in [0.2, 0.25) is 0 Å². The maximum atomic E-state index is 11.0. The van der Waals surface area contributed by atoms with Crippen LogP contribution >= 0.6 is 63.7 Å². The highest BCUT2D eigenvalue weighted by atomic mass is 79.9. The summed E-state index contributed by atoms with van der Waals surface area (Å²) in [7, 11) is 0. The molecule has 0 fully saturated rings. The summed E-state index contributed by atoms with van der Waals surface area (Å²) in [6.07, 6.45) is 0. The van der Waals surface area contributed by atoms with Crippen molar-refractivity contribution in [3.8, 4) is 0 Å².